The van der Waals surface area contributed by atoms with Gasteiger partial charge >= 0.3 is 0 Å². The van der Waals surface area contributed by atoms with Crippen LogP contribution in [0.4, 0.5) is 0 Å². The minimum atomic E-state index is -0.220. The molecule has 0 N–H and O–H groups in total. The maximum absolute atomic E-state index is 12.9. The largest absolute Gasteiger partial charge is 0.337 e. The van der Waals surface area contributed by atoms with Crippen LogP contribution in [0.2, 0.25) is 0 Å². The second-order valence-corrected chi connectivity index (χ2v) is 6.11. The van der Waals surface area contributed by atoms with Gasteiger partial charge in [-0.3, -0.25) is 9.69 Å². The van der Waals surface area contributed by atoms with Gasteiger partial charge in [0.15, 0.2) is 5.82 Å². The van der Waals surface area contributed by atoms with Crippen LogP contribution in [0.25, 0.3) is 0 Å². The van der Waals surface area contributed by atoms with Gasteiger partial charge in [0.2, 0.25) is 5.91 Å². The van der Waals surface area contributed by atoms with E-state index in [-0.39, 0.29) is 11.4 Å². The van der Waals surface area contributed by atoms with E-state index in [0.717, 1.165) is 50.4 Å². The highest BCUT2D eigenvalue weighted by atomic mass is 16.2. The highest BCUT2D eigenvalue weighted by Crippen LogP contribution is 2.40. The zero-order valence-corrected chi connectivity index (χ0v) is 12.6. The summed E-state index contributed by atoms with van der Waals surface area (Å²) in [5, 5.41) is 8.21. The molecular weight excluding hydrogens is 254 g/mol. The molecule has 0 unspecified atom stereocenters. The zero-order valence-electron chi connectivity index (χ0n) is 12.6. The van der Waals surface area contributed by atoms with Crippen molar-refractivity contribution in [3.05, 3.63) is 11.6 Å². The van der Waals surface area contributed by atoms with Crippen molar-refractivity contribution in [2.24, 2.45) is 7.05 Å². The fourth-order valence-corrected chi connectivity index (χ4v) is 3.68. The van der Waals surface area contributed by atoms with Gasteiger partial charge in [0.1, 0.15) is 11.4 Å². The summed E-state index contributed by atoms with van der Waals surface area (Å²) in [6.07, 6.45) is 4.30. The first-order chi connectivity index (χ1) is 9.54. The lowest BCUT2D eigenvalue weighted by Gasteiger charge is -2.34. The maximum Gasteiger partial charge on any atom is 0.243 e. The molecule has 1 aromatic rings. The topological polar surface area (TPSA) is 54.3 Å². The first-order valence-corrected chi connectivity index (χ1v) is 7.40. The van der Waals surface area contributed by atoms with Gasteiger partial charge in [-0.05, 0) is 45.7 Å². The molecule has 0 aliphatic carbocycles. The quantitative estimate of drug-likeness (QED) is 0.816. The van der Waals surface area contributed by atoms with Crippen LogP contribution in [0.15, 0.2) is 0 Å². The smallest absolute Gasteiger partial charge is 0.243 e. The highest BCUT2D eigenvalue weighted by Gasteiger charge is 2.51. The number of amides is 1. The molecule has 6 heteroatoms. The van der Waals surface area contributed by atoms with Crippen LogP contribution in [0.3, 0.4) is 0 Å². The monoisotopic (exact) mass is 277 g/mol. The Kier molecular flexibility index (Phi) is 3.28. The Bertz CT molecular complexity index is 514. The minimum absolute atomic E-state index is 0.220. The lowest BCUT2D eigenvalue weighted by molar-refractivity contribution is -0.140. The average Bonchev–Trinajstić information content (AvgIpc) is 3.07. The molecule has 1 amide bonds. The number of aryl methyl sites for hydroxylation is 1. The van der Waals surface area contributed by atoms with E-state index in [9.17, 15) is 4.79 Å². The average molecular weight is 277 g/mol. The summed E-state index contributed by atoms with van der Waals surface area (Å²) in [6.45, 7) is 4.60. The van der Waals surface area contributed by atoms with E-state index in [1.807, 2.05) is 30.5 Å². The SMILES string of the molecule is Cc1nnc(CN(C)C(=O)C23CCCN2CCC3)n1C. The van der Waals surface area contributed by atoms with Crippen molar-refractivity contribution in [2.75, 3.05) is 20.1 Å². The van der Waals surface area contributed by atoms with Crippen LogP contribution in [0, 0.1) is 6.92 Å². The van der Waals surface area contributed by atoms with Crippen molar-refractivity contribution in [3.63, 3.8) is 0 Å². The fraction of sp³-hybridized carbons (Fsp3) is 0.786. The van der Waals surface area contributed by atoms with Gasteiger partial charge in [-0.1, -0.05) is 0 Å². The van der Waals surface area contributed by atoms with Crippen molar-refractivity contribution >= 4 is 5.91 Å². The predicted molar refractivity (Wildman–Crippen MR) is 75.0 cm³/mol. The second-order valence-electron chi connectivity index (χ2n) is 6.11. The number of fused-ring (bicyclic) bond motifs is 1. The number of aromatic nitrogens is 3. The number of hydrogen-bond acceptors (Lipinski definition) is 4. The Labute approximate surface area is 119 Å². The Morgan fingerprint density at radius 1 is 1.30 bits per heavy atom. The molecule has 2 fully saturated rings. The van der Waals surface area contributed by atoms with Crippen LogP contribution in [0.5, 0.6) is 0 Å². The third-order valence-corrected chi connectivity index (χ3v) is 4.95. The zero-order chi connectivity index (χ0) is 14.3. The van der Waals surface area contributed by atoms with E-state index >= 15 is 0 Å². The van der Waals surface area contributed by atoms with Crippen LogP contribution < -0.4 is 0 Å². The molecular formula is C14H23N5O. The third kappa shape index (κ3) is 1.93. The first-order valence-electron chi connectivity index (χ1n) is 7.40. The molecule has 20 heavy (non-hydrogen) atoms. The van der Waals surface area contributed by atoms with Crippen molar-refractivity contribution in [1.29, 1.82) is 0 Å². The van der Waals surface area contributed by atoms with Crippen molar-refractivity contribution in [3.8, 4) is 0 Å². The summed E-state index contributed by atoms with van der Waals surface area (Å²) in [6, 6.07) is 0. The standard InChI is InChI=1S/C14H23N5O/c1-11-15-16-12(18(11)3)10-17(2)13(20)14-6-4-8-19(14)9-5-7-14/h4-10H2,1-3H3. The Morgan fingerprint density at radius 3 is 2.50 bits per heavy atom. The summed E-state index contributed by atoms with van der Waals surface area (Å²) >= 11 is 0. The minimum Gasteiger partial charge on any atom is -0.337 e. The Morgan fingerprint density at radius 2 is 1.95 bits per heavy atom. The molecule has 0 radical (unpaired) electrons. The van der Waals surface area contributed by atoms with Crippen molar-refractivity contribution in [1.82, 2.24) is 24.6 Å². The normalized spacial score (nSPS) is 21.1. The van der Waals surface area contributed by atoms with Gasteiger partial charge in [-0.15, -0.1) is 10.2 Å². The summed E-state index contributed by atoms with van der Waals surface area (Å²) in [7, 11) is 3.83. The molecule has 0 spiro atoms. The van der Waals surface area contributed by atoms with Gasteiger partial charge in [0, 0.05) is 14.1 Å². The lowest BCUT2D eigenvalue weighted by atomic mass is 9.92. The number of rotatable bonds is 3. The molecule has 2 saturated heterocycles. The third-order valence-electron chi connectivity index (χ3n) is 4.95. The van der Waals surface area contributed by atoms with E-state index < -0.39 is 0 Å². The Hall–Kier alpha value is -1.43. The van der Waals surface area contributed by atoms with Crippen molar-refractivity contribution in [2.45, 2.75) is 44.7 Å². The number of carbonyl (C=O) groups excluding carboxylic acids is 1. The fourth-order valence-electron chi connectivity index (χ4n) is 3.68. The molecule has 0 aromatic carbocycles. The van der Waals surface area contributed by atoms with E-state index in [0.29, 0.717) is 6.54 Å². The number of nitrogens with zero attached hydrogens (tertiary/aromatic N) is 5. The predicted octanol–water partition coefficient (Wildman–Crippen LogP) is 0.710. The van der Waals surface area contributed by atoms with Crippen LogP contribution in [0.1, 0.15) is 37.3 Å². The van der Waals surface area contributed by atoms with E-state index in [1.165, 1.54) is 0 Å². The number of likely N-dealkylation sites (N-methyl/N-ethyl adjacent to an activating group) is 1. The maximum atomic E-state index is 12.9. The summed E-state index contributed by atoms with van der Waals surface area (Å²) in [5.74, 6) is 1.98. The molecule has 110 valence electrons. The second kappa shape index (κ2) is 4.84. The molecule has 3 heterocycles. The molecule has 3 rings (SSSR count). The molecule has 6 nitrogen and oxygen atoms in total. The lowest BCUT2D eigenvalue weighted by Crippen LogP contribution is -2.52. The molecule has 1 aromatic heterocycles. The first kappa shape index (κ1) is 13.5. The number of hydrogen-bond donors (Lipinski definition) is 0. The Balaban J connectivity index is 1.75. The highest BCUT2D eigenvalue weighted by molar-refractivity contribution is 5.86. The van der Waals surface area contributed by atoms with Crippen LogP contribution in [-0.2, 0) is 18.4 Å². The summed E-state index contributed by atoms with van der Waals surface area (Å²) in [4.78, 5) is 17.1. The van der Waals surface area contributed by atoms with Crippen LogP contribution >= 0.6 is 0 Å². The van der Waals surface area contributed by atoms with Gasteiger partial charge in [0.05, 0.1) is 6.54 Å². The van der Waals surface area contributed by atoms with Gasteiger partial charge < -0.3 is 9.47 Å². The molecule has 0 saturated carbocycles. The van der Waals surface area contributed by atoms with Gasteiger partial charge in [0.25, 0.3) is 0 Å². The molecule has 2 aliphatic rings. The van der Waals surface area contributed by atoms with E-state index in [4.69, 9.17) is 0 Å². The molecule has 0 atom stereocenters. The number of carbonyl (C=O) groups is 1. The summed E-state index contributed by atoms with van der Waals surface area (Å²) < 4.78 is 1.95. The van der Waals surface area contributed by atoms with Gasteiger partial charge in [-0.2, -0.15) is 0 Å². The van der Waals surface area contributed by atoms with E-state index in [1.54, 1.807) is 0 Å². The molecule has 0 bridgehead atoms. The van der Waals surface area contributed by atoms with Gasteiger partial charge in [-0.25, -0.2) is 0 Å². The summed E-state index contributed by atoms with van der Waals surface area (Å²) in [5.41, 5.74) is -0.220. The molecule has 2 aliphatic heterocycles. The van der Waals surface area contributed by atoms with Crippen molar-refractivity contribution < 1.29 is 4.79 Å². The van der Waals surface area contributed by atoms with E-state index in [2.05, 4.69) is 15.1 Å². The van der Waals surface area contributed by atoms with Crippen LogP contribution in [-0.4, -0.2) is 56.1 Å².